The van der Waals surface area contributed by atoms with Crippen LogP contribution in [0.5, 0.6) is 0 Å². The second-order valence-electron chi connectivity index (χ2n) is 4.87. The van der Waals surface area contributed by atoms with E-state index in [4.69, 9.17) is 0 Å². The molecule has 0 aromatic carbocycles. The van der Waals surface area contributed by atoms with Crippen molar-refractivity contribution in [1.82, 2.24) is 10.2 Å². The maximum absolute atomic E-state index is 12.1. The average Bonchev–Trinajstić information content (AvgIpc) is 2.39. The standard InChI is InChI=1S/C11H22N2O3S/c1-5-6-10-11(14)13(9(3)12-10)8(2)7-17(4,15)16/h8-10,12H,5-7H2,1-4H3. The predicted octanol–water partition coefficient (Wildman–Crippen LogP) is 0.366. The van der Waals surface area contributed by atoms with Crippen LogP contribution in [0.25, 0.3) is 0 Å². The van der Waals surface area contributed by atoms with Crippen LogP contribution < -0.4 is 5.32 Å². The molecule has 0 aromatic rings. The van der Waals surface area contributed by atoms with Crippen molar-refractivity contribution in [3.05, 3.63) is 0 Å². The summed E-state index contributed by atoms with van der Waals surface area (Å²) in [5, 5.41) is 3.20. The molecule has 100 valence electrons. The summed E-state index contributed by atoms with van der Waals surface area (Å²) in [6.07, 6.45) is 2.84. The number of rotatable bonds is 5. The third kappa shape index (κ3) is 3.67. The highest BCUT2D eigenvalue weighted by molar-refractivity contribution is 7.90. The monoisotopic (exact) mass is 262 g/mol. The summed E-state index contributed by atoms with van der Waals surface area (Å²) in [5.41, 5.74) is 0. The van der Waals surface area contributed by atoms with Gasteiger partial charge in [0.2, 0.25) is 5.91 Å². The van der Waals surface area contributed by atoms with Crippen molar-refractivity contribution in [3.63, 3.8) is 0 Å². The Kier molecular flexibility index (Phi) is 4.55. The van der Waals surface area contributed by atoms with Gasteiger partial charge in [-0.05, 0) is 20.3 Å². The van der Waals surface area contributed by atoms with Crippen LogP contribution in [0.15, 0.2) is 0 Å². The fraction of sp³-hybridized carbons (Fsp3) is 0.909. The van der Waals surface area contributed by atoms with Crippen molar-refractivity contribution >= 4 is 15.7 Å². The lowest BCUT2D eigenvalue weighted by atomic mass is 10.1. The highest BCUT2D eigenvalue weighted by atomic mass is 32.2. The van der Waals surface area contributed by atoms with E-state index in [0.29, 0.717) is 0 Å². The molecule has 1 N–H and O–H groups in total. The van der Waals surface area contributed by atoms with Crippen LogP contribution in [-0.2, 0) is 14.6 Å². The van der Waals surface area contributed by atoms with Crippen LogP contribution in [-0.4, -0.2) is 49.5 Å². The minimum atomic E-state index is -3.06. The zero-order chi connectivity index (χ0) is 13.2. The molecule has 0 aromatic heterocycles. The minimum Gasteiger partial charge on any atom is -0.322 e. The summed E-state index contributed by atoms with van der Waals surface area (Å²) in [7, 11) is -3.06. The fourth-order valence-corrected chi connectivity index (χ4v) is 3.46. The number of nitrogens with zero attached hydrogens (tertiary/aromatic N) is 1. The maximum Gasteiger partial charge on any atom is 0.241 e. The Balaban J connectivity index is 2.74. The number of sulfone groups is 1. The third-order valence-electron chi connectivity index (χ3n) is 3.01. The fourth-order valence-electron chi connectivity index (χ4n) is 2.43. The first kappa shape index (κ1) is 14.4. The molecule has 1 fully saturated rings. The minimum absolute atomic E-state index is 0.0175. The van der Waals surface area contributed by atoms with Gasteiger partial charge in [-0.15, -0.1) is 0 Å². The molecule has 0 radical (unpaired) electrons. The lowest BCUT2D eigenvalue weighted by Crippen LogP contribution is -2.44. The van der Waals surface area contributed by atoms with Crippen LogP contribution in [0.1, 0.15) is 33.6 Å². The average molecular weight is 262 g/mol. The summed E-state index contributed by atoms with van der Waals surface area (Å²) >= 11 is 0. The largest absolute Gasteiger partial charge is 0.322 e. The molecule has 1 aliphatic rings. The van der Waals surface area contributed by atoms with Gasteiger partial charge >= 0.3 is 0 Å². The number of amides is 1. The van der Waals surface area contributed by atoms with Crippen LogP contribution in [0.3, 0.4) is 0 Å². The van der Waals surface area contributed by atoms with Gasteiger partial charge in [-0.2, -0.15) is 0 Å². The Bertz CT molecular complexity index is 380. The molecule has 1 heterocycles. The van der Waals surface area contributed by atoms with Gasteiger partial charge in [-0.3, -0.25) is 10.1 Å². The van der Waals surface area contributed by atoms with Gasteiger partial charge in [-0.25, -0.2) is 8.42 Å². The van der Waals surface area contributed by atoms with Crippen LogP contribution in [0, 0.1) is 0 Å². The smallest absolute Gasteiger partial charge is 0.241 e. The molecule has 0 saturated carbocycles. The highest BCUT2D eigenvalue weighted by Crippen LogP contribution is 2.18. The predicted molar refractivity (Wildman–Crippen MR) is 67.3 cm³/mol. The van der Waals surface area contributed by atoms with Gasteiger partial charge in [0, 0.05) is 12.3 Å². The van der Waals surface area contributed by atoms with Crippen molar-refractivity contribution < 1.29 is 13.2 Å². The summed E-state index contributed by atoms with van der Waals surface area (Å²) in [4.78, 5) is 13.8. The second-order valence-corrected chi connectivity index (χ2v) is 7.06. The van der Waals surface area contributed by atoms with E-state index in [1.807, 2.05) is 13.8 Å². The van der Waals surface area contributed by atoms with Gasteiger partial charge < -0.3 is 4.90 Å². The van der Waals surface area contributed by atoms with Gasteiger partial charge in [-0.1, -0.05) is 13.3 Å². The van der Waals surface area contributed by atoms with Crippen molar-refractivity contribution in [2.24, 2.45) is 0 Å². The quantitative estimate of drug-likeness (QED) is 0.777. The number of nitrogens with one attached hydrogen (secondary N) is 1. The van der Waals surface area contributed by atoms with E-state index in [-0.39, 0.29) is 29.9 Å². The van der Waals surface area contributed by atoms with Crippen LogP contribution >= 0.6 is 0 Å². The Labute approximate surface area is 103 Å². The SMILES string of the molecule is CCCC1NC(C)N(C(C)CS(C)(=O)=O)C1=O. The van der Waals surface area contributed by atoms with Crippen LogP contribution in [0.4, 0.5) is 0 Å². The molecular formula is C11H22N2O3S. The van der Waals surface area contributed by atoms with E-state index in [0.717, 1.165) is 12.8 Å². The van der Waals surface area contributed by atoms with E-state index in [2.05, 4.69) is 5.32 Å². The van der Waals surface area contributed by atoms with E-state index < -0.39 is 9.84 Å². The molecule has 0 spiro atoms. The molecule has 5 nitrogen and oxygen atoms in total. The molecule has 6 heteroatoms. The van der Waals surface area contributed by atoms with Crippen molar-refractivity contribution in [2.45, 2.75) is 51.9 Å². The first-order valence-corrected chi connectivity index (χ1v) is 8.08. The van der Waals surface area contributed by atoms with E-state index >= 15 is 0 Å². The molecule has 17 heavy (non-hydrogen) atoms. The zero-order valence-electron chi connectivity index (χ0n) is 10.9. The molecule has 1 amide bonds. The summed E-state index contributed by atoms with van der Waals surface area (Å²) in [6.45, 7) is 5.71. The first-order valence-electron chi connectivity index (χ1n) is 6.02. The molecule has 0 aliphatic carbocycles. The van der Waals surface area contributed by atoms with Crippen molar-refractivity contribution in [1.29, 1.82) is 0 Å². The highest BCUT2D eigenvalue weighted by Gasteiger charge is 2.38. The molecule has 1 aliphatic heterocycles. The van der Waals surface area contributed by atoms with E-state index in [1.165, 1.54) is 6.26 Å². The van der Waals surface area contributed by atoms with Gasteiger partial charge in [0.15, 0.2) is 0 Å². The first-order chi connectivity index (χ1) is 7.76. The van der Waals surface area contributed by atoms with E-state index in [9.17, 15) is 13.2 Å². The summed E-state index contributed by atoms with van der Waals surface area (Å²) in [5.74, 6) is 0.0411. The van der Waals surface area contributed by atoms with Crippen molar-refractivity contribution in [3.8, 4) is 0 Å². The Morgan fingerprint density at radius 1 is 1.47 bits per heavy atom. The second kappa shape index (κ2) is 5.35. The Hall–Kier alpha value is -0.620. The zero-order valence-corrected chi connectivity index (χ0v) is 11.8. The summed E-state index contributed by atoms with van der Waals surface area (Å²) in [6, 6.07) is -0.432. The Morgan fingerprint density at radius 3 is 2.53 bits per heavy atom. The molecule has 3 unspecified atom stereocenters. The molecule has 0 bridgehead atoms. The molecular weight excluding hydrogens is 240 g/mol. The molecule has 1 saturated heterocycles. The normalized spacial score (nSPS) is 27.5. The Morgan fingerprint density at radius 2 is 2.06 bits per heavy atom. The molecule has 1 rings (SSSR count). The number of hydrogen-bond donors (Lipinski definition) is 1. The van der Waals surface area contributed by atoms with E-state index in [1.54, 1.807) is 11.8 Å². The summed E-state index contributed by atoms with van der Waals surface area (Å²) < 4.78 is 22.5. The number of hydrogen-bond acceptors (Lipinski definition) is 4. The van der Waals surface area contributed by atoms with Gasteiger partial charge in [0.1, 0.15) is 9.84 Å². The van der Waals surface area contributed by atoms with Gasteiger partial charge in [0.05, 0.1) is 18.0 Å². The molecule has 3 atom stereocenters. The number of carbonyl (C=O) groups is 1. The van der Waals surface area contributed by atoms with Crippen molar-refractivity contribution in [2.75, 3.05) is 12.0 Å². The third-order valence-corrected chi connectivity index (χ3v) is 4.10. The maximum atomic E-state index is 12.1. The van der Waals surface area contributed by atoms with Crippen LogP contribution in [0.2, 0.25) is 0 Å². The number of carbonyl (C=O) groups excluding carboxylic acids is 1. The lowest BCUT2D eigenvalue weighted by Gasteiger charge is -2.27. The lowest BCUT2D eigenvalue weighted by molar-refractivity contribution is -0.131. The van der Waals surface area contributed by atoms with Gasteiger partial charge in [0.25, 0.3) is 0 Å². The topological polar surface area (TPSA) is 66.5 Å².